The molecule has 0 fully saturated rings. The number of hydrogen-bond acceptors (Lipinski definition) is 6. The number of aliphatic hydroxyl groups is 1. The number of phosphoric acid groups is 1. The van der Waals surface area contributed by atoms with E-state index in [2.05, 4.69) is 43.5 Å². The molecule has 0 aromatic carbocycles. The van der Waals surface area contributed by atoms with Crippen molar-refractivity contribution in [2.45, 2.75) is 309 Å². The fourth-order valence-corrected chi connectivity index (χ4v) is 9.74. The highest BCUT2D eigenvalue weighted by atomic mass is 31.2. The van der Waals surface area contributed by atoms with E-state index in [1.807, 2.05) is 21.1 Å². The fraction of sp³-hybridized carbons (Fsp3) is 0.915. The lowest BCUT2D eigenvalue weighted by Gasteiger charge is -2.30. The summed E-state index contributed by atoms with van der Waals surface area (Å²) in [5.41, 5.74) is 0. The van der Waals surface area contributed by atoms with E-state index in [1.54, 1.807) is 0 Å². The monoisotopic (exact) mass is 981 g/mol. The van der Waals surface area contributed by atoms with Crippen molar-refractivity contribution < 1.29 is 32.9 Å². The first-order chi connectivity index (χ1) is 33.0. The molecule has 0 rings (SSSR count). The minimum atomic E-state index is -4.57. The summed E-state index contributed by atoms with van der Waals surface area (Å²) in [6, 6.07) is -0.802. The maximum Gasteiger partial charge on any atom is 0.268 e. The summed E-state index contributed by atoms with van der Waals surface area (Å²) < 4.78 is 23.4. The summed E-state index contributed by atoms with van der Waals surface area (Å²) in [5.74, 6) is -0.165. The molecule has 0 spiro atoms. The number of amides is 1. The SMILES string of the molecule is CCCCC/C=C\C/C=C\CCCCCCCCCCCC(=O)NC(COP(=O)([O-])OCC[N+](C)(C)C)C(O)CCCCCCCCCCCCCCCCCCCCCCCCCCCCC. The second kappa shape index (κ2) is 50.9. The van der Waals surface area contributed by atoms with Crippen molar-refractivity contribution >= 4 is 13.7 Å². The Morgan fingerprint density at radius 1 is 0.515 bits per heavy atom. The first-order valence-electron chi connectivity index (χ1n) is 29.7. The number of nitrogens with zero attached hydrogens (tertiary/aromatic N) is 1. The topological polar surface area (TPSA) is 108 Å². The molecule has 404 valence electrons. The number of carbonyl (C=O) groups excluding carboxylic acids is 1. The molecule has 0 aliphatic heterocycles. The number of quaternary nitrogens is 1. The van der Waals surface area contributed by atoms with Crippen LogP contribution in [0.2, 0.25) is 0 Å². The van der Waals surface area contributed by atoms with Crippen molar-refractivity contribution in [3.05, 3.63) is 24.3 Å². The average molecular weight is 982 g/mol. The van der Waals surface area contributed by atoms with Crippen LogP contribution in [0.15, 0.2) is 24.3 Å². The summed E-state index contributed by atoms with van der Waals surface area (Å²) in [6.45, 7) is 4.73. The summed E-state index contributed by atoms with van der Waals surface area (Å²) in [4.78, 5) is 25.5. The largest absolute Gasteiger partial charge is 0.756 e. The third kappa shape index (κ3) is 52.8. The lowest BCUT2D eigenvalue weighted by Crippen LogP contribution is -2.46. The molecule has 0 saturated heterocycles. The molecule has 2 N–H and O–H groups in total. The Bertz CT molecular complexity index is 1160. The summed E-state index contributed by atoms with van der Waals surface area (Å²) in [5, 5.41) is 14.0. The predicted molar refractivity (Wildman–Crippen MR) is 293 cm³/mol. The molecule has 3 atom stereocenters. The molecule has 1 amide bonds. The third-order valence-corrected chi connectivity index (χ3v) is 14.7. The van der Waals surface area contributed by atoms with E-state index in [4.69, 9.17) is 9.05 Å². The molecule has 0 heterocycles. The van der Waals surface area contributed by atoms with Gasteiger partial charge in [-0.05, 0) is 44.9 Å². The van der Waals surface area contributed by atoms with Gasteiger partial charge < -0.3 is 28.8 Å². The number of rotatable bonds is 55. The van der Waals surface area contributed by atoms with Gasteiger partial charge in [-0.15, -0.1) is 0 Å². The molecule has 0 bridgehead atoms. The van der Waals surface area contributed by atoms with Gasteiger partial charge in [0.1, 0.15) is 13.2 Å². The maximum absolute atomic E-state index is 13.0. The van der Waals surface area contributed by atoms with Crippen molar-refractivity contribution in [2.24, 2.45) is 0 Å². The van der Waals surface area contributed by atoms with Gasteiger partial charge in [-0.2, -0.15) is 0 Å². The van der Waals surface area contributed by atoms with Crippen molar-refractivity contribution in [1.82, 2.24) is 5.32 Å². The van der Waals surface area contributed by atoms with Crippen LogP contribution in [0.25, 0.3) is 0 Å². The van der Waals surface area contributed by atoms with Gasteiger partial charge in [-0.1, -0.05) is 269 Å². The average Bonchev–Trinajstić information content (AvgIpc) is 3.30. The van der Waals surface area contributed by atoms with Gasteiger partial charge in [-0.25, -0.2) is 0 Å². The van der Waals surface area contributed by atoms with Crippen LogP contribution in [0.1, 0.15) is 296 Å². The predicted octanol–water partition coefficient (Wildman–Crippen LogP) is 17.4. The van der Waals surface area contributed by atoms with Crippen LogP contribution in [-0.4, -0.2) is 68.5 Å². The number of phosphoric ester groups is 1. The highest BCUT2D eigenvalue weighted by Gasteiger charge is 2.24. The minimum absolute atomic E-state index is 0.0125. The van der Waals surface area contributed by atoms with Crippen LogP contribution in [-0.2, 0) is 18.4 Å². The van der Waals surface area contributed by atoms with Gasteiger partial charge in [-0.3, -0.25) is 9.36 Å². The number of hydrogen-bond donors (Lipinski definition) is 2. The van der Waals surface area contributed by atoms with E-state index in [0.29, 0.717) is 23.9 Å². The zero-order valence-corrected chi connectivity index (χ0v) is 47.0. The molecule has 0 radical (unpaired) electrons. The summed E-state index contributed by atoms with van der Waals surface area (Å²) in [7, 11) is 1.31. The number of nitrogens with one attached hydrogen (secondary N) is 1. The molecule has 0 aromatic rings. The molecule has 0 aliphatic carbocycles. The van der Waals surface area contributed by atoms with Crippen LogP contribution in [0.3, 0.4) is 0 Å². The Morgan fingerprint density at radius 2 is 0.853 bits per heavy atom. The number of likely N-dealkylation sites (N-methyl/N-ethyl adjacent to an activating group) is 1. The summed E-state index contributed by atoms with van der Waals surface area (Å²) in [6.07, 6.45) is 63.6. The number of unbranched alkanes of at least 4 members (excludes halogenated alkanes) is 38. The number of aliphatic hydroxyl groups excluding tert-OH is 1. The van der Waals surface area contributed by atoms with Crippen molar-refractivity contribution in [2.75, 3.05) is 40.9 Å². The van der Waals surface area contributed by atoms with Gasteiger partial charge >= 0.3 is 0 Å². The van der Waals surface area contributed by atoms with Crippen LogP contribution in [0.4, 0.5) is 0 Å². The standard InChI is InChI=1S/C59H117N2O6P/c1-6-8-10-12-14-16-18-20-22-24-26-27-28-29-30-31-32-33-35-36-38-40-42-44-46-48-50-52-58(62)57(56-67-68(64,65)66-55-54-61(3,4)5)60-59(63)53-51-49-47-45-43-41-39-37-34-25-23-21-19-17-15-13-11-9-7-2/h15,17,21,23,57-58,62H,6-14,16,18-20,22,24-56H2,1-5H3,(H-,60,63,64,65)/b17-15-,23-21-. The van der Waals surface area contributed by atoms with Crippen molar-refractivity contribution in [1.29, 1.82) is 0 Å². The van der Waals surface area contributed by atoms with Crippen molar-refractivity contribution in [3.8, 4) is 0 Å². The van der Waals surface area contributed by atoms with Gasteiger partial charge in [0.25, 0.3) is 7.82 Å². The Morgan fingerprint density at radius 3 is 1.25 bits per heavy atom. The highest BCUT2D eigenvalue weighted by Crippen LogP contribution is 2.38. The molecule has 68 heavy (non-hydrogen) atoms. The Kier molecular flexibility index (Phi) is 50.1. The van der Waals surface area contributed by atoms with Crippen LogP contribution >= 0.6 is 7.82 Å². The second-order valence-corrected chi connectivity index (χ2v) is 23.1. The molecule has 0 saturated carbocycles. The van der Waals surface area contributed by atoms with Gasteiger partial charge in [0.05, 0.1) is 39.9 Å². The Balaban J connectivity index is 4.11. The number of allylic oxidation sites excluding steroid dienone is 4. The lowest BCUT2D eigenvalue weighted by molar-refractivity contribution is -0.870. The number of carbonyl (C=O) groups is 1. The van der Waals surface area contributed by atoms with Gasteiger partial charge in [0.15, 0.2) is 0 Å². The first kappa shape index (κ1) is 67.0. The van der Waals surface area contributed by atoms with E-state index in [0.717, 1.165) is 44.9 Å². The lowest BCUT2D eigenvalue weighted by atomic mass is 10.0. The third-order valence-electron chi connectivity index (χ3n) is 13.7. The molecule has 0 aromatic heterocycles. The second-order valence-electron chi connectivity index (χ2n) is 21.7. The van der Waals surface area contributed by atoms with Crippen molar-refractivity contribution in [3.63, 3.8) is 0 Å². The Labute approximate surface area is 424 Å². The first-order valence-corrected chi connectivity index (χ1v) is 31.1. The molecule has 9 heteroatoms. The van der Waals surface area contributed by atoms with Crippen LogP contribution in [0.5, 0.6) is 0 Å². The normalized spacial score (nSPS) is 14.0. The highest BCUT2D eigenvalue weighted by molar-refractivity contribution is 7.45. The molecule has 8 nitrogen and oxygen atoms in total. The summed E-state index contributed by atoms with van der Waals surface area (Å²) >= 11 is 0. The molecular formula is C59H117N2O6P. The molecule has 3 unspecified atom stereocenters. The minimum Gasteiger partial charge on any atom is -0.756 e. The van der Waals surface area contributed by atoms with E-state index in [-0.39, 0.29) is 19.1 Å². The van der Waals surface area contributed by atoms with E-state index in [1.165, 1.54) is 225 Å². The van der Waals surface area contributed by atoms with Crippen LogP contribution < -0.4 is 10.2 Å². The van der Waals surface area contributed by atoms with E-state index >= 15 is 0 Å². The zero-order chi connectivity index (χ0) is 49.9. The quantitative estimate of drug-likeness (QED) is 0.0272. The van der Waals surface area contributed by atoms with E-state index in [9.17, 15) is 19.4 Å². The Hall–Kier alpha value is -1.02. The molecule has 0 aliphatic rings. The fourth-order valence-electron chi connectivity index (χ4n) is 9.01. The van der Waals surface area contributed by atoms with Gasteiger partial charge in [0, 0.05) is 6.42 Å². The van der Waals surface area contributed by atoms with E-state index < -0.39 is 20.0 Å². The molecular weight excluding hydrogens is 864 g/mol. The maximum atomic E-state index is 13.0. The zero-order valence-electron chi connectivity index (χ0n) is 46.1. The van der Waals surface area contributed by atoms with Gasteiger partial charge in [0.2, 0.25) is 5.91 Å². The van der Waals surface area contributed by atoms with Crippen LogP contribution in [0, 0.1) is 0 Å². The smallest absolute Gasteiger partial charge is 0.268 e.